The van der Waals surface area contributed by atoms with Crippen molar-refractivity contribution in [3.63, 3.8) is 0 Å². The first-order chi connectivity index (χ1) is 6.65. The molecule has 1 N–H and O–H groups in total. The number of Topliss-reactive ketones (excluding diaryl/α,β-unsaturated/α-hetero) is 1. The summed E-state index contributed by atoms with van der Waals surface area (Å²) >= 11 is 6.00. The molecule has 0 spiro atoms. The van der Waals surface area contributed by atoms with Gasteiger partial charge in [0.2, 0.25) is 0 Å². The standard InChI is InChI=1S/C10H8ClNO2/c1-2-5-3-4-6-7(8(5)11)9(13)10(14)12-6/h3-4H,2H2,1H3,(H,12,13,14). The second kappa shape index (κ2) is 3.10. The van der Waals surface area contributed by atoms with Crippen molar-refractivity contribution in [2.75, 3.05) is 5.32 Å². The molecule has 0 bridgehead atoms. The Kier molecular flexibility index (Phi) is 2.04. The molecule has 1 aromatic carbocycles. The van der Waals surface area contributed by atoms with E-state index in [2.05, 4.69) is 5.32 Å². The van der Waals surface area contributed by atoms with Crippen LogP contribution in [0.3, 0.4) is 0 Å². The first-order valence-electron chi connectivity index (χ1n) is 4.32. The molecule has 0 aromatic heterocycles. The zero-order valence-electron chi connectivity index (χ0n) is 7.56. The fourth-order valence-electron chi connectivity index (χ4n) is 1.51. The van der Waals surface area contributed by atoms with Gasteiger partial charge in [-0.25, -0.2) is 0 Å². The number of carbonyl (C=O) groups excluding carboxylic acids is 2. The Morgan fingerprint density at radius 3 is 2.71 bits per heavy atom. The molecule has 1 amide bonds. The third-order valence-electron chi connectivity index (χ3n) is 2.28. The van der Waals surface area contributed by atoms with Crippen molar-refractivity contribution in [2.24, 2.45) is 0 Å². The molecule has 3 nitrogen and oxygen atoms in total. The summed E-state index contributed by atoms with van der Waals surface area (Å²) in [6.45, 7) is 1.95. The number of aryl methyl sites for hydroxylation is 1. The number of ketones is 1. The Bertz CT molecular complexity index is 440. The minimum atomic E-state index is -0.602. The Balaban J connectivity index is 2.66. The van der Waals surface area contributed by atoms with Gasteiger partial charge in [-0.05, 0) is 18.1 Å². The van der Waals surface area contributed by atoms with Crippen LogP contribution in [0.1, 0.15) is 22.8 Å². The quantitative estimate of drug-likeness (QED) is 0.720. The van der Waals surface area contributed by atoms with Crippen molar-refractivity contribution in [1.82, 2.24) is 0 Å². The van der Waals surface area contributed by atoms with Crippen LogP contribution >= 0.6 is 11.6 Å². The molecule has 0 unspecified atom stereocenters. The van der Waals surface area contributed by atoms with E-state index in [0.29, 0.717) is 16.3 Å². The molecule has 0 saturated carbocycles. The normalized spacial score (nSPS) is 14.1. The molecule has 72 valence electrons. The molecular weight excluding hydrogens is 202 g/mol. The number of benzene rings is 1. The third kappa shape index (κ3) is 1.13. The highest BCUT2D eigenvalue weighted by Crippen LogP contribution is 2.32. The average Bonchev–Trinajstić information content (AvgIpc) is 2.44. The van der Waals surface area contributed by atoms with Crippen LogP contribution in [-0.2, 0) is 11.2 Å². The molecule has 0 fully saturated rings. The van der Waals surface area contributed by atoms with Gasteiger partial charge < -0.3 is 5.32 Å². The first kappa shape index (κ1) is 9.21. The summed E-state index contributed by atoms with van der Waals surface area (Å²) in [7, 11) is 0. The number of rotatable bonds is 1. The van der Waals surface area contributed by atoms with Gasteiger partial charge in [-0.1, -0.05) is 24.6 Å². The number of hydrogen-bond donors (Lipinski definition) is 1. The van der Waals surface area contributed by atoms with Crippen LogP contribution < -0.4 is 5.32 Å². The molecule has 1 aromatic rings. The van der Waals surface area contributed by atoms with Gasteiger partial charge in [0.1, 0.15) is 0 Å². The molecule has 0 aliphatic carbocycles. The SMILES string of the molecule is CCc1ccc2c(c1Cl)C(=O)C(=O)N2. The number of anilines is 1. The van der Waals surface area contributed by atoms with Crippen LogP contribution in [-0.4, -0.2) is 11.7 Å². The minimum absolute atomic E-state index is 0.316. The molecule has 4 heteroatoms. The van der Waals surface area contributed by atoms with E-state index in [9.17, 15) is 9.59 Å². The highest BCUT2D eigenvalue weighted by Gasteiger charge is 2.30. The van der Waals surface area contributed by atoms with Gasteiger partial charge in [0.25, 0.3) is 11.7 Å². The lowest BCUT2D eigenvalue weighted by Gasteiger charge is -2.04. The Hall–Kier alpha value is -1.35. The molecule has 1 aliphatic heterocycles. The molecular formula is C10H8ClNO2. The van der Waals surface area contributed by atoms with E-state index >= 15 is 0 Å². The summed E-state index contributed by atoms with van der Waals surface area (Å²) in [6, 6.07) is 3.53. The average molecular weight is 210 g/mol. The zero-order valence-corrected chi connectivity index (χ0v) is 8.31. The van der Waals surface area contributed by atoms with Crippen LogP contribution in [0.15, 0.2) is 12.1 Å². The van der Waals surface area contributed by atoms with Gasteiger partial charge in [0.15, 0.2) is 0 Å². The summed E-state index contributed by atoms with van der Waals surface area (Å²) in [4.78, 5) is 22.5. The van der Waals surface area contributed by atoms with Gasteiger partial charge in [-0.15, -0.1) is 0 Å². The molecule has 0 saturated heterocycles. The number of hydrogen-bond acceptors (Lipinski definition) is 2. The van der Waals surface area contributed by atoms with E-state index in [0.717, 1.165) is 12.0 Å². The lowest BCUT2D eigenvalue weighted by Crippen LogP contribution is -2.12. The number of amides is 1. The van der Waals surface area contributed by atoms with E-state index in [1.165, 1.54) is 0 Å². The molecule has 1 aliphatic rings. The predicted octanol–water partition coefficient (Wildman–Crippen LogP) is 2.04. The Morgan fingerprint density at radius 2 is 2.07 bits per heavy atom. The van der Waals surface area contributed by atoms with Crippen molar-refractivity contribution < 1.29 is 9.59 Å². The minimum Gasteiger partial charge on any atom is -0.318 e. The lowest BCUT2D eigenvalue weighted by atomic mass is 10.1. The largest absolute Gasteiger partial charge is 0.318 e. The summed E-state index contributed by atoms with van der Waals surface area (Å²) in [5.74, 6) is -1.14. The molecule has 14 heavy (non-hydrogen) atoms. The van der Waals surface area contributed by atoms with Gasteiger partial charge >= 0.3 is 0 Å². The van der Waals surface area contributed by atoms with Crippen molar-refractivity contribution in [3.05, 3.63) is 28.3 Å². The highest BCUT2D eigenvalue weighted by molar-refractivity contribution is 6.54. The fourth-order valence-corrected chi connectivity index (χ4v) is 1.90. The summed E-state index contributed by atoms with van der Waals surface area (Å²) < 4.78 is 0. The second-order valence-corrected chi connectivity index (χ2v) is 3.48. The van der Waals surface area contributed by atoms with E-state index < -0.39 is 11.7 Å². The molecule has 2 rings (SSSR count). The topological polar surface area (TPSA) is 46.2 Å². The van der Waals surface area contributed by atoms with Crippen molar-refractivity contribution in [1.29, 1.82) is 0 Å². The summed E-state index contributed by atoms with van der Waals surface area (Å²) in [5.41, 5.74) is 1.72. The van der Waals surface area contributed by atoms with Crippen LogP contribution in [0.25, 0.3) is 0 Å². The third-order valence-corrected chi connectivity index (χ3v) is 2.72. The predicted molar refractivity (Wildman–Crippen MR) is 53.8 cm³/mol. The summed E-state index contributed by atoms with van der Waals surface area (Å²) in [5, 5.41) is 2.86. The van der Waals surface area contributed by atoms with Crippen LogP contribution in [0.4, 0.5) is 5.69 Å². The zero-order chi connectivity index (χ0) is 10.3. The van der Waals surface area contributed by atoms with E-state index in [4.69, 9.17) is 11.6 Å². The molecule has 0 radical (unpaired) electrons. The van der Waals surface area contributed by atoms with Crippen molar-refractivity contribution in [2.45, 2.75) is 13.3 Å². The summed E-state index contributed by atoms with van der Waals surface area (Å²) in [6.07, 6.45) is 0.744. The first-order valence-corrected chi connectivity index (χ1v) is 4.70. The smallest absolute Gasteiger partial charge is 0.296 e. The van der Waals surface area contributed by atoms with Gasteiger partial charge in [-0.2, -0.15) is 0 Å². The number of carbonyl (C=O) groups is 2. The number of fused-ring (bicyclic) bond motifs is 1. The number of nitrogens with one attached hydrogen (secondary N) is 1. The fraction of sp³-hybridized carbons (Fsp3) is 0.200. The maximum atomic E-state index is 11.4. The van der Waals surface area contributed by atoms with Gasteiger partial charge in [0, 0.05) is 0 Å². The Morgan fingerprint density at radius 1 is 1.36 bits per heavy atom. The Labute approximate surface area is 86.1 Å². The highest BCUT2D eigenvalue weighted by atomic mass is 35.5. The monoisotopic (exact) mass is 209 g/mol. The van der Waals surface area contributed by atoms with Gasteiger partial charge in [-0.3, -0.25) is 9.59 Å². The van der Waals surface area contributed by atoms with E-state index in [1.807, 2.05) is 13.0 Å². The van der Waals surface area contributed by atoms with Gasteiger partial charge in [0.05, 0.1) is 16.3 Å². The van der Waals surface area contributed by atoms with Crippen LogP contribution in [0, 0.1) is 0 Å². The maximum Gasteiger partial charge on any atom is 0.296 e. The molecule has 1 heterocycles. The van der Waals surface area contributed by atoms with Crippen molar-refractivity contribution >= 4 is 29.0 Å². The second-order valence-electron chi connectivity index (χ2n) is 3.10. The maximum absolute atomic E-state index is 11.4. The van der Waals surface area contributed by atoms with E-state index in [-0.39, 0.29) is 0 Å². The molecule has 0 atom stereocenters. The lowest BCUT2D eigenvalue weighted by molar-refractivity contribution is -0.112. The van der Waals surface area contributed by atoms with E-state index in [1.54, 1.807) is 6.07 Å². The van der Waals surface area contributed by atoms with Crippen molar-refractivity contribution in [3.8, 4) is 0 Å². The number of halogens is 1. The van der Waals surface area contributed by atoms with Crippen LogP contribution in [0.2, 0.25) is 5.02 Å². The van der Waals surface area contributed by atoms with Crippen LogP contribution in [0.5, 0.6) is 0 Å².